The van der Waals surface area contributed by atoms with Crippen LogP contribution in [0.5, 0.6) is 0 Å². The highest BCUT2D eigenvalue weighted by atomic mass is 32.1. The number of rotatable bonds is 5. The van der Waals surface area contributed by atoms with Crippen molar-refractivity contribution >= 4 is 28.6 Å². The molecule has 0 saturated carbocycles. The Kier molecular flexibility index (Phi) is 5.44. The Labute approximate surface area is 170 Å². The highest BCUT2D eigenvalue weighted by molar-refractivity contribution is 7.13. The number of hydrogen-bond donors (Lipinski definition) is 1. The van der Waals surface area contributed by atoms with Crippen molar-refractivity contribution in [3.05, 3.63) is 64.7 Å². The van der Waals surface area contributed by atoms with Gasteiger partial charge in [-0.3, -0.25) is 4.79 Å². The number of benzene rings is 2. The van der Waals surface area contributed by atoms with E-state index in [2.05, 4.69) is 58.5 Å². The van der Waals surface area contributed by atoms with E-state index in [1.165, 1.54) is 24.1 Å². The van der Waals surface area contributed by atoms with Gasteiger partial charge in [-0.25, -0.2) is 4.98 Å². The zero-order valence-corrected chi connectivity index (χ0v) is 17.2. The molecular weight excluding hydrogens is 366 g/mol. The number of carbonyl (C=O) groups excluding carboxylic acids is 1. The summed E-state index contributed by atoms with van der Waals surface area (Å²) in [5.74, 6) is -0.0298. The van der Waals surface area contributed by atoms with Crippen molar-refractivity contribution in [1.29, 1.82) is 0 Å². The number of aryl methyl sites for hydroxylation is 2. The summed E-state index contributed by atoms with van der Waals surface area (Å²) in [6.45, 7) is 6.37. The predicted molar refractivity (Wildman–Crippen MR) is 117 cm³/mol. The molecule has 3 aromatic rings. The van der Waals surface area contributed by atoms with Gasteiger partial charge in [-0.2, -0.15) is 0 Å². The van der Waals surface area contributed by atoms with Crippen LogP contribution in [0.2, 0.25) is 0 Å². The first-order chi connectivity index (χ1) is 13.6. The van der Waals surface area contributed by atoms with Crippen molar-refractivity contribution in [2.75, 3.05) is 23.3 Å². The van der Waals surface area contributed by atoms with Gasteiger partial charge in [0.1, 0.15) is 5.01 Å². The summed E-state index contributed by atoms with van der Waals surface area (Å²) in [6, 6.07) is 14.6. The van der Waals surface area contributed by atoms with Gasteiger partial charge in [0.25, 0.3) is 0 Å². The maximum atomic E-state index is 12.5. The monoisotopic (exact) mass is 391 g/mol. The third-order valence-corrected chi connectivity index (χ3v) is 6.09. The number of amides is 1. The van der Waals surface area contributed by atoms with Gasteiger partial charge < -0.3 is 10.2 Å². The molecule has 2 heterocycles. The molecule has 1 aliphatic heterocycles. The quantitative estimate of drug-likeness (QED) is 0.649. The van der Waals surface area contributed by atoms with Crippen LogP contribution in [0.15, 0.2) is 47.8 Å². The van der Waals surface area contributed by atoms with E-state index in [1.54, 1.807) is 11.3 Å². The summed E-state index contributed by atoms with van der Waals surface area (Å²) in [5.41, 5.74) is 6.35. The lowest BCUT2D eigenvalue weighted by molar-refractivity contribution is -0.115. The molecule has 28 heavy (non-hydrogen) atoms. The maximum Gasteiger partial charge on any atom is 0.230 e. The molecule has 0 radical (unpaired) electrons. The van der Waals surface area contributed by atoms with Gasteiger partial charge in [0.2, 0.25) is 5.91 Å². The Bertz CT molecular complexity index is 972. The second kappa shape index (κ2) is 8.15. The van der Waals surface area contributed by atoms with Crippen molar-refractivity contribution in [3.63, 3.8) is 0 Å². The summed E-state index contributed by atoms with van der Waals surface area (Å²) >= 11 is 1.58. The van der Waals surface area contributed by atoms with E-state index >= 15 is 0 Å². The van der Waals surface area contributed by atoms with Crippen molar-refractivity contribution in [1.82, 2.24) is 4.98 Å². The standard InChI is InChI=1S/C23H25N3OS/c1-16-5-7-18(8-6-16)23-24-19(15-28-23)14-22(27)25-21-10-9-20(13-17(21)2)26-11-3-4-12-26/h5-10,13,15H,3-4,11-12,14H2,1-2H3,(H,25,27). The van der Waals surface area contributed by atoms with Gasteiger partial charge in [-0.1, -0.05) is 29.8 Å². The normalized spacial score (nSPS) is 13.7. The summed E-state index contributed by atoms with van der Waals surface area (Å²) in [5, 5.41) is 5.96. The molecule has 1 fully saturated rings. The fourth-order valence-electron chi connectivity index (χ4n) is 3.54. The lowest BCUT2D eigenvalue weighted by atomic mass is 10.1. The van der Waals surface area contributed by atoms with Crippen LogP contribution in [0.3, 0.4) is 0 Å². The van der Waals surface area contributed by atoms with Gasteiger partial charge in [0.05, 0.1) is 12.1 Å². The Morgan fingerprint density at radius 2 is 1.86 bits per heavy atom. The average molecular weight is 392 g/mol. The summed E-state index contributed by atoms with van der Waals surface area (Å²) in [7, 11) is 0. The van der Waals surface area contributed by atoms with E-state index in [-0.39, 0.29) is 12.3 Å². The van der Waals surface area contributed by atoms with Crippen molar-refractivity contribution in [2.24, 2.45) is 0 Å². The van der Waals surface area contributed by atoms with E-state index in [4.69, 9.17) is 0 Å². The van der Waals surface area contributed by atoms with Gasteiger partial charge in [-0.05, 0) is 50.5 Å². The molecule has 4 nitrogen and oxygen atoms in total. The van der Waals surface area contributed by atoms with E-state index in [9.17, 15) is 4.79 Å². The lowest BCUT2D eigenvalue weighted by Gasteiger charge is -2.19. The third-order valence-electron chi connectivity index (χ3n) is 5.15. The van der Waals surface area contributed by atoms with E-state index < -0.39 is 0 Å². The molecule has 1 aliphatic rings. The van der Waals surface area contributed by atoms with Gasteiger partial charge in [0, 0.05) is 35.4 Å². The van der Waals surface area contributed by atoms with Crippen LogP contribution in [0, 0.1) is 13.8 Å². The Balaban J connectivity index is 1.40. The minimum Gasteiger partial charge on any atom is -0.372 e. The molecule has 0 unspecified atom stereocenters. The topological polar surface area (TPSA) is 45.2 Å². The number of carbonyl (C=O) groups is 1. The van der Waals surface area contributed by atoms with Crippen LogP contribution in [0.1, 0.15) is 29.7 Å². The zero-order valence-electron chi connectivity index (χ0n) is 16.4. The summed E-state index contributed by atoms with van der Waals surface area (Å²) < 4.78 is 0. The molecule has 0 bridgehead atoms. The smallest absolute Gasteiger partial charge is 0.230 e. The fraction of sp³-hybridized carbons (Fsp3) is 0.304. The van der Waals surface area contributed by atoms with Crippen molar-refractivity contribution in [2.45, 2.75) is 33.1 Å². The second-order valence-corrected chi connectivity index (χ2v) is 8.29. The molecule has 1 amide bonds. The Hall–Kier alpha value is -2.66. The van der Waals surface area contributed by atoms with Crippen LogP contribution in [0.4, 0.5) is 11.4 Å². The molecule has 144 valence electrons. The highest BCUT2D eigenvalue weighted by Crippen LogP contribution is 2.27. The van der Waals surface area contributed by atoms with E-state index in [0.717, 1.165) is 40.6 Å². The largest absolute Gasteiger partial charge is 0.372 e. The number of hydrogen-bond acceptors (Lipinski definition) is 4. The van der Waals surface area contributed by atoms with Gasteiger partial charge >= 0.3 is 0 Å². The van der Waals surface area contributed by atoms with Crippen LogP contribution in [0.25, 0.3) is 10.6 Å². The van der Waals surface area contributed by atoms with Crippen molar-refractivity contribution in [3.8, 4) is 10.6 Å². The molecule has 4 rings (SSSR count). The molecular formula is C23H25N3OS. The molecule has 0 atom stereocenters. The second-order valence-electron chi connectivity index (χ2n) is 7.43. The SMILES string of the molecule is Cc1ccc(-c2nc(CC(=O)Nc3ccc(N4CCCC4)cc3C)cs2)cc1. The maximum absolute atomic E-state index is 12.5. The Morgan fingerprint density at radius 3 is 2.57 bits per heavy atom. The number of thiazole rings is 1. The van der Waals surface area contributed by atoms with Crippen LogP contribution < -0.4 is 10.2 Å². The van der Waals surface area contributed by atoms with E-state index in [0.29, 0.717) is 0 Å². The molecule has 1 saturated heterocycles. The molecule has 0 aliphatic carbocycles. The fourth-order valence-corrected chi connectivity index (χ4v) is 4.36. The van der Waals surface area contributed by atoms with Gasteiger partial charge in [0.15, 0.2) is 0 Å². The molecule has 1 N–H and O–H groups in total. The third kappa shape index (κ3) is 4.25. The van der Waals surface area contributed by atoms with E-state index in [1.807, 2.05) is 18.4 Å². The minimum atomic E-state index is -0.0298. The number of aromatic nitrogens is 1. The first-order valence-electron chi connectivity index (χ1n) is 9.75. The van der Waals surface area contributed by atoms with Gasteiger partial charge in [-0.15, -0.1) is 11.3 Å². The van der Waals surface area contributed by atoms with Crippen molar-refractivity contribution < 1.29 is 4.79 Å². The van der Waals surface area contributed by atoms with Crippen LogP contribution in [-0.4, -0.2) is 24.0 Å². The molecule has 2 aromatic carbocycles. The predicted octanol–water partition coefficient (Wildman–Crippen LogP) is 5.21. The summed E-state index contributed by atoms with van der Waals surface area (Å²) in [4.78, 5) is 19.5. The molecule has 5 heteroatoms. The first-order valence-corrected chi connectivity index (χ1v) is 10.6. The number of nitrogens with one attached hydrogen (secondary N) is 1. The zero-order chi connectivity index (χ0) is 19.5. The number of anilines is 2. The average Bonchev–Trinajstić information content (AvgIpc) is 3.36. The Morgan fingerprint density at radius 1 is 1.11 bits per heavy atom. The molecule has 0 spiro atoms. The highest BCUT2D eigenvalue weighted by Gasteiger charge is 2.14. The molecule has 1 aromatic heterocycles. The minimum absolute atomic E-state index is 0.0298. The van der Waals surface area contributed by atoms with Crippen LogP contribution in [-0.2, 0) is 11.2 Å². The first kappa shape index (κ1) is 18.7. The summed E-state index contributed by atoms with van der Waals surface area (Å²) in [6.07, 6.45) is 2.81. The number of nitrogens with zero attached hydrogens (tertiary/aromatic N) is 2. The lowest BCUT2D eigenvalue weighted by Crippen LogP contribution is -2.18. The van der Waals surface area contributed by atoms with Crippen LogP contribution >= 0.6 is 11.3 Å².